The fourth-order valence-electron chi connectivity index (χ4n) is 3.42. The average Bonchev–Trinajstić information content (AvgIpc) is 2.77. The largest absolute Gasteiger partial charge is 0.493 e. The Morgan fingerprint density at radius 2 is 2.03 bits per heavy atom. The van der Waals surface area contributed by atoms with Crippen molar-refractivity contribution >= 4 is 40.4 Å². The van der Waals surface area contributed by atoms with Crippen LogP contribution in [0.5, 0.6) is 11.5 Å². The van der Waals surface area contributed by atoms with E-state index in [4.69, 9.17) is 21.1 Å². The molecule has 1 fully saturated rings. The minimum atomic E-state index is -0.558. The zero-order chi connectivity index (χ0) is 21.1. The van der Waals surface area contributed by atoms with Gasteiger partial charge in [-0.05, 0) is 18.2 Å². The molecule has 3 aromatic rings. The summed E-state index contributed by atoms with van der Waals surface area (Å²) in [6.45, 7) is 1.29. The summed E-state index contributed by atoms with van der Waals surface area (Å²) in [6.07, 6.45) is 3.66. The van der Waals surface area contributed by atoms with E-state index in [0.29, 0.717) is 41.3 Å². The molecule has 2 aromatic carbocycles. The Kier molecular flexibility index (Phi) is 5.85. The van der Waals surface area contributed by atoms with E-state index in [0.717, 1.165) is 19.3 Å². The van der Waals surface area contributed by atoms with E-state index < -0.39 is 5.82 Å². The number of hydrogen-bond donors (Lipinski definition) is 1. The van der Waals surface area contributed by atoms with Crippen LogP contribution in [0.4, 0.5) is 15.9 Å². The molecule has 1 aliphatic heterocycles. The zero-order valence-corrected chi connectivity index (χ0v) is 17.0. The summed E-state index contributed by atoms with van der Waals surface area (Å²) in [4.78, 5) is 21.2. The van der Waals surface area contributed by atoms with Crippen LogP contribution in [0.3, 0.4) is 0 Å². The highest BCUT2D eigenvalue weighted by Crippen LogP contribution is 2.36. The van der Waals surface area contributed by atoms with Crippen LogP contribution in [-0.4, -0.2) is 47.6 Å². The Balaban J connectivity index is 1.67. The number of amides is 1. The number of carbonyl (C=O) groups is 1. The molecule has 1 N–H and O–H groups in total. The minimum Gasteiger partial charge on any atom is -0.493 e. The summed E-state index contributed by atoms with van der Waals surface area (Å²) in [5, 5.41) is 3.66. The van der Waals surface area contributed by atoms with Gasteiger partial charge in [-0.2, -0.15) is 0 Å². The molecule has 0 saturated carbocycles. The van der Waals surface area contributed by atoms with Gasteiger partial charge >= 0.3 is 0 Å². The van der Waals surface area contributed by atoms with Crippen LogP contribution in [-0.2, 0) is 4.79 Å². The number of likely N-dealkylation sites (tertiary alicyclic amines) is 1. The molecule has 30 heavy (non-hydrogen) atoms. The molecule has 1 saturated heterocycles. The number of aromatic nitrogens is 2. The molecule has 1 aromatic heterocycles. The third-order valence-electron chi connectivity index (χ3n) is 5.04. The first-order chi connectivity index (χ1) is 14.6. The Bertz CT molecular complexity index is 1070. The highest BCUT2D eigenvalue weighted by Gasteiger charge is 2.22. The summed E-state index contributed by atoms with van der Waals surface area (Å²) < 4.78 is 26.0. The first kappa shape index (κ1) is 20.2. The van der Waals surface area contributed by atoms with Gasteiger partial charge in [-0.1, -0.05) is 17.7 Å². The standard InChI is InChI=1S/C21H20ClFN4O3/c1-29-18-10-17-14(9-19(18)30-13-5-7-27(12-28)8-6-13)21(25-11-24-17)26-16-4-2-3-15(22)20(16)23/h2-4,9-13H,5-8H2,1H3,(H,24,25,26). The molecule has 0 spiro atoms. The van der Waals surface area contributed by atoms with E-state index in [-0.39, 0.29) is 16.8 Å². The minimum absolute atomic E-state index is 0.0192. The van der Waals surface area contributed by atoms with Crippen molar-refractivity contribution in [1.29, 1.82) is 0 Å². The number of methoxy groups -OCH3 is 1. The quantitative estimate of drug-likeness (QED) is 0.591. The third-order valence-corrected chi connectivity index (χ3v) is 5.34. The normalized spacial score (nSPS) is 14.6. The van der Waals surface area contributed by atoms with Crippen molar-refractivity contribution in [2.75, 3.05) is 25.5 Å². The molecule has 4 rings (SSSR count). The van der Waals surface area contributed by atoms with Gasteiger partial charge in [0, 0.05) is 37.4 Å². The summed E-state index contributed by atoms with van der Waals surface area (Å²) >= 11 is 5.88. The summed E-state index contributed by atoms with van der Waals surface area (Å²) in [5.41, 5.74) is 0.830. The lowest BCUT2D eigenvalue weighted by molar-refractivity contribution is -0.119. The lowest BCUT2D eigenvalue weighted by atomic mass is 10.1. The number of nitrogens with one attached hydrogen (secondary N) is 1. The molecule has 9 heteroatoms. The molecule has 0 atom stereocenters. The predicted molar refractivity (Wildman–Crippen MR) is 112 cm³/mol. The molecule has 0 bridgehead atoms. The van der Waals surface area contributed by atoms with Crippen molar-refractivity contribution in [1.82, 2.24) is 14.9 Å². The summed E-state index contributed by atoms with van der Waals surface area (Å²) in [6, 6.07) is 8.25. The number of hydrogen-bond acceptors (Lipinski definition) is 6. The van der Waals surface area contributed by atoms with Crippen LogP contribution in [0.2, 0.25) is 5.02 Å². The maximum atomic E-state index is 14.3. The van der Waals surface area contributed by atoms with Gasteiger partial charge in [0.05, 0.1) is 23.3 Å². The number of fused-ring (bicyclic) bond motifs is 1. The highest BCUT2D eigenvalue weighted by molar-refractivity contribution is 6.31. The van der Waals surface area contributed by atoms with E-state index in [1.165, 1.54) is 12.4 Å². The molecule has 7 nitrogen and oxygen atoms in total. The SMILES string of the molecule is COc1cc2ncnc(Nc3cccc(Cl)c3F)c2cc1OC1CCN(C=O)CC1. The number of rotatable bonds is 6. The van der Waals surface area contributed by atoms with Crippen molar-refractivity contribution in [3.63, 3.8) is 0 Å². The van der Waals surface area contributed by atoms with Gasteiger partial charge in [0.25, 0.3) is 0 Å². The number of benzene rings is 2. The second-order valence-corrected chi connectivity index (χ2v) is 7.33. The van der Waals surface area contributed by atoms with Crippen molar-refractivity contribution < 1.29 is 18.7 Å². The Morgan fingerprint density at radius 3 is 2.77 bits per heavy atom. The van der Waals surface area contributed by atoms with Crippen LogP contribution in [0.15, 0.2) is 36.7 Å². The Morgan fingerprint density at radius 1 is 1.23 bits per heavy atom. The third kappa shape index (κ3) is 4.09. The van der Waals surface area contributed by atoms with Crippen LogP contribution in [0, 0.1) is 5.82 Å². The Labute approximate surface area is 177 Å². The topological polar surface area (TPSA) is 76.6 Å². The molecule has 1 aliphatic rings. The summed E-state index contributed by atoms with van der Waals surface area (Å²) in [5.74, 6) is 0.945. The van der Waals surface area contributed by atoms with E-state index in [1.54, 1.807) is 36.3 Å². The van der Waals surface area contributed by atoms with Crippen LogP contribution >= 0.6 is 11.6 Å². The number of ether oxygens (including phenoxy) is 2. The first-order valence-corrected chi connectivity index (χ1v) is 9.86. The molecule has 0 radical (unpaired) electrons. The molecule has 1 amide bonds. The highest BCUT2D eigenvalue weighted by atomic mass is 35.5. The second-order valence-electron chi connectivity index (χ2n) is 6.93. The van der Waals surface area contributed by atoms with E-state index >= 15 is 0 Å². The van der Waals surface area contributed by atoms with Gasteiger partial charge in [0.15, 0.2) is 17.3 Å². The van der Waals surface area contributed by atoms with Crippen molar-refractivity contribution in [3.8, 4) is 11.5 Å². The lowest BCUT2D eigenvalue weighted by Crippen LogP contribution is -2.37. The van der Waals surface area contributed by atoms with Gasteiger partial charge in [-0.15, -0.1) is 0 Å². The van der Waals surface area contributed by atoms with Gasteiger partial charge < -0.3 is 19.7 Å². The van der Waals surface area contributed by atoms with E-state index in [9.17, 15) is 9.18 Å². The van der Waals surface area contributed by atoms with Crippen LogP contribution in [0.1, 0.15) is 12.8 Å². The van der Waals surface area contributed by atoms with Gasteiger partial charge in [0.2, 0.25) is 6.41 Å². The second kappa shape index (κ2) is 8.71. The van der Waals surface area contributed by atoms with Crippen LogP contribution in [0.25, 0.3) is 10.9 Å². The summed E-state index contributed by atoms with van der Waals surface area (Å²) in [7, 11) is 1.56. The fourth-order valence-corrected chi connectivity index (χ4v) is 3.60. The van der Waals surface area contributed by atoms with E-state index in [2.05, 4.69) is 15.3 Å². The van der Waals surface area contributed by atoms with Crippen molar-refractivity contribution in [2.24, 2.45) is 0 Å². The molecule has 0 unspecified atom stereocenters. The molecule has 2 heterocycles. The molecule has 0 aliphatic carbocycles. The average molecular weight is 431 g/mol. The van der Waals surface area contributed by atoms with Crippen LogP contribution < -0.4 is 14.8 Å². The van der Waals surface area contributed by atoms with Gasteiger partial charge in [-0.25, -0.2) is 14.4 Å². The number of carbonyl (C=O) groups excluding carboxylic acids is 1. The van der Waals surface area contributed by atoms with Crippen molar-refractivity contribution in [2.45, 2.75) is 18.9 Å². The number of halogens is 2. The smallest absolute Gasteiger partial charge is 0.209 e. The lowest BCUT2D eigenvalue weighted by Gasteiger charge is -2.30. The Hall–Kier alpha value is -3.13. The molecular weight excluding hydrogens is 411 g/mol. The fraction of sp³-hybridized carbons (Fsp3) is 0.286. The predicted octanol–water partition coefficient (Wildman–Crippen LogP) is 4.17. The van der Waals surface area contributed by atoms with Gasteiger partial charge in [0.1, 0.15) is 18.2 Å². The monoisotopic (exact) mass is 430 g/mol. The van der Waals surface area contributed by atoms with E-state index in [1.807, 2.05) is 0 Å². The number of piperidine rings is 1. The maximum absolute atomic E-state index is 14.3. The number of nitrogens with zero attached hydrogens (tertiary/aromatic N) is 3. The molecular formula is C21H20ClFN4O3. The molecule has 156 valence electrons. The van der Waals surface area contributed by atoms with Crippen molar-refractivity contribution in [3.05, 3.63) is 47.5 Å². The zero-order valence-electron chi connectivity index (χ0n) is 16.3. The first-order valence-electron chi connectivity index (χ1n) is 9.49. The van der Waals surface area contributed by atoms with Gasteiger partial charge in [-0.3, -0.25) is 4.79 Å². The number of anilines is 2. The maximum Gasteiger partial charge on any atom is 0.209 e.